The van der Waals surface area contributed by atoms with E-state index in [2.05, 4.69) is 31.2 Å². The third-order valence-electron chi connectivity index (χ3n) is 3.79. The number of halogens is 2. The zero-order valence-corrected chi connectivity index (χ0v) is 14.8. The number of rotatable bonds is 4. The Kier molecular flexibility index (Phi) is 4.30. The number of aromatic nitrogens is 6. The first kappa shape index (κ1) is 17.1. The molecule has 11 heteroatoms. The van der Waals surface area contributed by atoms with Gasteiger partial charge in [-0.2, -0.15) is 0 Å². The van der Waals surface area contributed by atoms with Gasteiger partial charge in [0.1, 0.15) is 5.69 Å². The number of aromatic carboxylic acids is 1. The lowest BCUT2D eigenvalue weighted by Gasteiger charge is -2.15. The SMILES string of the molecule is O=C(O)c1cc(Cl)ccc1Nc1c(-n2nnnn2)cnc2ccc(Cl)cc12. The monoisotopic (exact) mass is 401 g/mol. The van der Waals surface area contributed by atoms with Gasteiger partial charge in [0.2, 0.25) is 0 Å². The summed E-state index contributed by atoms with van der Waals surface area (Å²) in [6, 6.07) is 9.68. The molecule has 27 heavy (non-hydrogen) atoms. The summed E-state index contributed by atoms with van der Waals surface area (Å²) < 4.78 is 0. The van der Waals surface area contributed by atoms with E-state index in [0.717, 1.165) is 0 Å². The van der Waals surface area contributed by atoms with Crippen LogP contribution in [0.1, 0.15) is 10.4 Å². The highest BCUT2D eigenvalue weighted by atomic mass is 35.5. The molecule has 134 valence electrons. The van der Waals surface area contributed by atoms with E-state index in [9.17, 15) is 9.90 Å². The number of anilines is 2. The minimum absolute atomic E-state index is 0.00474. The minimum atomic E-state index is -1.13. The van der Waals surface area contributed by atoms with Gasteiger partial charge in [0.25, 0.3) is 0 Å². The molecule has 0 atom stereocenters. The van der Waals surface area contributed by atoms with Crippen molar-refractivity contribution in [1.82, 2.24) is 30.6 Å². The quantitative estimate of drug-likeness (QED) is 0.534. The van der Waals surface area contributed by atoms with Gasteiger partial charge in [-0.25, -0.2) is 4.79 Å². The highest BCUT2D eigenvalue weighted by molar-refractivity contribution is 6.31. The number of benzene rings is 2. The highest BCUT2D eigenvalue weighted by Crippen LogP contribution is 2.34. The summed E-state index contributed by atoms with van der Waals surface area (Å²) in [5.74, 6) is -1.13. The molecule has 0 radical (unpaired) electrons. The summed E-state index contributed by atoms with van der Waals surface area (Å²) in [7, 11) is 0. The van der Waals surface area contributed by atoms with Crippen LogP contribution in [0.3, 0.4) is 0 Å². The maximum Gasteiger partial charge on any atom is 0.337 e. The number of hydrogen-bond donors (Lipinski definition) is 2. The summed E-state index contributed by atoms with van der Waals surface area (Å²) >= 11 is 12.1. The number of carboxylic acid groups (broad SMARTS) is 1. The fourth-order valence-corrected chi connectivity index (χ4v) is 2.94. The molecule has 0 aliphatic rings. The van der Waals surface area contributed by atoms with Gasteiger partial charge in [0, 0.05) is 15.4 Å². The molecule has 2 aromatic carbocycles. The van der Waals surface area contributed by atoms with Gasteiger partial charge in [0.15, 0.2) is 0 Å². The molecule has 2 N–H and O–H groups in total. The third-order valence-corrected chi connectivity index (χ3v) is 4.26. The van der Waals surface area contributed by atoms with Crippen LogP contribution in [0.4, 0.5) is 11.4 Å². The van der Waals surface area contributed by atoms with Gasteiger partial charge in [-0.15, -0.1) is 4.80 Å². The lowest BCUT2D eigenvalue weighted by Crippen LogP contribution is -2.08. The van der Waals surface area contributed by atoms with Crippen molar-refractivity contribution in [3.05, 3.63) is 58.2 Å². The fourth-order valence-electron chi connectivity index (χ4n) is 2.60. The average Bonchev–Trinajstić information content (AvgIpc) is 3.17. The second-order valence-corrected chi connectivity index (χ2v) is 6.32. The van der Waals surface area contributed by atoms with Crippen molar-refractivity contribution in [3.63, 3.8) is 0 Å². The first-order valence-corrected chi connectivity index (χ1v) is 8.28. The maximum atomic E-state index is 11.6. The Morgan fingerprint density at radius 1 is 1.04 bits per heavy atom. The highest BCUT2D eigenvalue weighted by Gasteiger charge is 2.17. The van der Waals surface area contributed by atoms with Crippen molar-refractivity contribution in [2.45, 2.75) is 0 Å². The van der Waals surface area contributed by atoms with Crippen molar-refractivity contribution in [1.29, 1.82) is 0 Å². The van der Waals surface area contributed by atoms with Crippen molar-refractivity contribution in [2.24, 2.45) is 0 Å². The molecule has 0 bridgehead atoms. The first-order chi connectivity index (χ1) is 13.0. The third kappa shape index (κ3) is 3.25. The van der Waals surface area contributed by atoms with E-state index in [4.69, 9.17) is 23.2 Å². The van der Waals surface area contributed by atoms with Gasteiger partial charge < -0.3 is 10.4 Å². The normalized spacial score (nSPS) is 10.9. The summed E-state index contributed by atoms with van der Waals surface area (Å²) in [6.07, 6.45) is 1.53. The van der Waals surface area contributed by atoms with Crippen LogP contribution in [0.25, 0.3) is 16.6 Å². The molecular weight excluding hydrogens is 393 g/mol. The van der Waals surface area contributed by atoms with Crippen molar-refractivity contribution < 1.29 is 9.90 Å². The number of carbonyl (C=O) groups is 1. The molecule has 4 aromatic rings. The number of pyridine rings is 1. The molecule has 0 spiro atoms. The smallest absolute Gasteiger partial charge is 0.337 e. The molecule has 2 heterocycles. The molecule has 0 unspecified atom stereocenters. The van der Waals surface area contributed by atoms with Crippen molar-refractivity contribution >= 4 is 51.4 Å². The van der Waals surface area contributed by atoms with Crippen LogP contribution in [0.2, 0.25) is 10.0 Å². The van der Waals surface area contributed by atoms with Gasteiger partial charge in [-0.05, 0) is 57.3 Å². The molecule has 4 rings (SSSR count). The zero-order valence-electron chi connectivity index (χ0n) is 13.3. The largest absolute Gasteiger partial charge is 0.478 e. The fraction of sp³-hybridized carbons (Fsp3) is 0. The Hall–Kier alpha value is -3.30. The summed E-state index contributed by atoms with van der Waals surface area (Å²) in [5.41, 5.74) is 1.89. The van der Waals surface area contributed by atoms with Gasteiger partial charge in [0.05, 0.1) is 28.7 Å². The van der Waals surface area contributed by atoms with Crippen LogP contribution in [0.5, 0.6) is 0 Å². The lowest BCUT2D eigenvalue weighted by atomic mass is 10.1. The predicted molar refractivity (Wildman–Crippen MR) is 99.0 cm³/mol. The Morgan fingerprint density at radius 3 is 2.48 bits per heavy atom. The zero-order chi connectivity index (χ0) is 19.0. The second kappa shape index (κ2) is 6.78. The Balaban J connectivity index is 1.96. The van der Waals surface area contributed by atoms with Gasteiger partial charge in [-0.3, -0.25) is 4.98 Å². The van der Waals surface area contributed by atoms with Gasteiger partial charge >= 0.3 is 5.97 Å². The summed E-state index contributed by atoms with van der Waals surface area (Å²) in [5, 5.41) is 28.5. The predicted octanol–water partition coefficient (Wildman–Crippen LogP) is 3.35. The topological polar surface area (TPSA) is 119 Å². The van der Waals surface area contributed by atoms with E-state index < -0.39 is 5.97 Å². The molecule has 0 fully saturated rings. The van der Waals surface area contributed by atoms with E-state index >= 15 is 0 Å². The maximum absolute atomic E-state index is 11.6. The molecule has 9 nitrogen and oxygen atoms in total. The summed E-state index contributed by atoms with van der Waals surface area (Å²) in [6.45, 7) is 0. The minimum Gasteiger partial charge on any atom is -0.478 e. The second-order valence-electron chi connectivity index (χ2n) is 5.45. The molecule has 0 saturated carbocycles. The number of fused-ring (bicyclic) bond motifs is 1. The average molecular weight is 402 g/mol. The van der Waals surface area contributed by atoms with Crippen LogP contribution < -0.4 is 5.32 Å². The van der Waals surface area contributed by atoms with Crippen LogP contribution in [0, 0.1) is 0 Å². The van der Waals surface area contributed by atoms with E-state index in [-0.39, 0.29) is 5.56 Å². The van der Waals surface area contributed by atoms with Crippen molar-refractivity contribution in [2.75, 3.05) is 5.32 Å². The molecule has 0 amide bonds. The van der Waals surface area contributed by atoms with E-state index in [1.54, 1.807) is 30.3 Å². The summed E-state index contributed by atoms with van der Waals surface area (Å²) in [4.78, 5) is 17.1. The lowest BCUT2D eigenvalue weighted by molar-refractivity contribution is 0.0698. The molecule has 0 aliphatic heterocycles. The van der Waals surface area contributed by atoms with E-state index in [1.807, 2.05) is 0 Å². The van der Waals surface area contributed by atoms with Crippen LogP contribution in [-0.4, -0.2) is 41.7 Å². The number of carboxylic acids is 1. The molecule has 0 saturated heterocycles. The van der Waals surface area contributed by atoms with Crippen LogP contribution in [-0.2, 0) is 0 Å². The van der Waals surface area contributed by atoms with E-state index in [1.165, 1.54) is 17.1 Å². The molecular formula is C16H9Cl2N7O2. The standard InChI is InChI=1S/C16H9Cl2N7O2/c17-8-1-3-12-10(5-8)15(14(7-19-12)25-23-21-22-24-25)20-13-4-2-9(18)6-11(13)16(26)27/h1-7H,(H,19,20)(H,26,27). The van der Waals surface area contributed by atoms with Crippen LogP contribution in [0.15, 0.2) is 42.6 Å². The Morgan fingerprint density at radius 2 is 1.74 bits per heavy atom. The number of nitrogens with one attached hydrogen (secondary N) is 1. The van der Waals surface area contributed by atoms with Crippen molar-refractivity contribution in [3.8, 4) is 5.69 Å². The van der Waals surface area contributed by atoms with Gasteiger partial charge in [-0.1, -0.05) is 23.2 Å². The molecule has 0 aliphatic carbocycles. The Labute approximate surface area is 161 Å². The van der Waals surface area contributed by atoms with Crippen LogP contribution >= 0.6 is 23.2 Å². The molecule has 2 aromatic heterocycles. The Bertz CT molecular complexity index is 1170. The van der Waals surface area contributed by atoms with E-state index in [0.29, 0.717) is 38.0 Å². The first-order valence-electron chi connectivity index (χ1n) is 7.53. The number of nitrogens with zero attached hydrogens (tertiary/aromatic N) is 6. The number of hydrogen-bond acceptors (Lipinski definition) is 7.